The molecule has 1 saturated heterocycles. The molecule has 0 radical (unpaired) electrons. The van der Waals surface area contributed by atoms with Gasteiger partial charge in [-0.3, -0.25) is 24.5 Å². The van der Waals surface area contributed by atoms with Crippen LogP contribution in [0.25, 0.3) is 0 Å². The summed E-state index contributed by atoms with van der Waals surface area (Å²) in [5.74, 6) is 1.61. The minimum Gasteiger partial charge on any atom is -0.412 e. The molecule has 1 aromatic heterocycles. The second-order valence-corrected chi connectivity index (χ2v) is 9.21. The van der Waals surface area contributed by atoms with Crippen molar-refractivity contribution in [2.45, 2.75) is 104 Å². The van der Waals surface area contributed by atoms with Crippen molar-refractivity contribution in [2.24, 2.45) is 10.9 Å². The van der Waals surface area contributed by atoms with Gasteiger partial charge in [-0.1, -0.05) is 53.9 Å². The molecule has 1 aromatic rings. The second-order valence-electron chi connectivity index (χ2n) is 9.21. The van der Waals surface area contributed by atoms with Crippen LogP contribution < -0.4 is 10.6 Å². The molecule has 186 valence electrons. The molecule has 0 bridgehead atoms. The van der Waals surface area contributed by atoms with Gasteiger partial charge in [-0.05, 0) is 38.6 Å². The van der Waals surface area contributed by atoms with Gasteiger partial charge in [-0.15, -0.1) is 0 Å². The van der Waals surface area contributed by atoms with E-state index in [1.54, 1.807) is 0 Å². The number of anilines is 1. The van der Waals surface area contributed by atoms with Gasteiger partial charge < -0.3 is 15.7 Å². The van der Waals surface area contributed by atoms with Gasteiger partial charge in [0.05, 0.1) is 18.3 Å². The lowest BCUT2D eigenvalue weighted by atomic mass is 10.0. The average Bonchev–Trinajstić information content (AvgIpc) is 3.30. The number of fused-ring (bicyclic) bond motifs is 1. The molecule has 8 heteroatoms. The molecule has 1 amide bonds. The number of carbonyl (C=O) groups excluding carboxylic acids is 1. The van der Waals surface area contributed by atoms with Crippen LogP contribution in [-0.2, 0) is 4.79 Å². The highest BCUT2D eigenvalue weighted by molar-refractivity contribution is 5.87. The van der Waals surface area contributed by atoms with Crippen molar-refractivity contribution >= 4 is 17.9 Å². The maximum absolute atomic E-state index is 12.4. The van der Waals surface area contributed by atoms with Crippen LogP contribution in [-0.4, -0.2) is 57.8 Å². The molecular weight excluding hydrogens is 404 g/mol. The molecule has 3 aliphatic rings. The first-order chi connectivity index (χ1) is 15.1. The van der Waals surface area contributed by atoms with Crippen LogP contribution in [0.5, 0.6) is 0 Å². The molecule has 1 saturated carbocycles. The maximum Gasteiger partial charge on any atom is 0.225 e. The number of carbonyl (C=O) groups is 1. The zero-order valence-electron chi connectivity index (χ0n) is 20.9. The van der Waals surface area contributed by atoms with E-state index in [2.05, 4.69) is 38.0 Å². The fourth-order valence-electron chi connectivity index (χ4n) is 5.07. The third-order valence-electron chi connectivity index (χ3n) is 6.72. The van der Waals surface area contributed by atoms with Gasteiger partial charge in [0.1, 0.15) is 5.69 Å². The molecule has 1 unspecified atom stereocenters. The van der Waals surface area contributed by atoms with E-state index < -0.39 is 0 Å². The molecule has 0 spiro atoms. The summed E-state index contributed by atoms with van der Waals surface area (Å²) in [5, 5.41) is 7.15. The third-order valence-corrected chi connectivity index (χ3v) is 6.72. The highest BCUT2D eigenvalue weighted by atomic mass is 16.2. The average molecular weight is 453 g/mol. The van der Waals surface area contributed by atoms with Gasteiger partial charge >= 0.3 is 0 Å². The molecule has 4 rings (SSSR count). The molecule has 0 aromatic carbocycles. The van der Waals surface area contributed by atoms with Crippen molar-refractivity contribution in [3.05, 3.63) is 5.69 Å². The van der Waals surface area contributed by atoms with E-state index in [0.717, 1.165) is 32.5 Å². The number of nitrogens with one attached hydrogen (secondary N) is 2. The standard InChI is InChI=1S/C22H38N6O.C2H6.H2O.H2/c1-4-5-12-23-22-24-15-19-20(25-22)28(27(19)17-8-6-7-9-17)18-10-13-26(14-11-18)21(29)16(2)3;1-2;;/h15-18,22-23,25H,4-14H2,1-3H3;1-2H3;1H2;1H. The zero-order chi connectivity index (χ0) is 22.4. The molecule has 3 heterocycles. The smallest absolute Gasteiger partial charge is 0.225 e. The predicted octanol–water partition coefficient (Wildman–Crippen LogP) is 4.19. The van der Waals surface area contributed by atoms with Crippen molar-refractivity contribution < 1.29 is 11.7 Å². The van der Waals surface area contributed by atoms with Gasteiger partial charge in [0.25, 0.3) is 0 Å². The zero-order valence-corrected chi connectivity index (χ0v) is 20.9. The fourth-order valence-corrected chi connectivity index (χ4v) is 5.07. The van der Waals surface area contributed by atoms with Crippen LogP contribution in [0.1, 0.15) is 105 Å². The molecule has 2 fully saturated rings. The number of aromatic nitrogens is 2. The second kappa shape index (κ2) is 12.4. The molecule has 1 aliphatic carbocycles. The first-order valence-electron chi connectivity index (χ1n) is 12.7. The van der Waals surface area contributed by atoms with Crippen LogP contribution in [0, 0.1) is 5.92 Å². The molecule has 1 atom stereocenters. The Morgan fingerprint density at radius 3 is 2.38 bits per heavy atom. The van der Waals surface area contributed by atoms with Crippen LogP contribution >= 0.6 is 0 Å². The number of nitrogens with zero attached hydrogens (tertiary/aromatic N) is 4. The van der Waals surface area contributed by atoms with E-state index >= 15 is 0 Å². The summed E-state index contributed by atoms with van der Waals surface area (Å²) in [6.07, 6.45) is 11.6. The Morgan fingerprint density at radius 1 is 1.16 bits per heavy atom. The SMILES string of the molecule is CC.CCCCNC1N=Cc2c(n(C3CCN(C(=O)C(C)C)CC3)n2C2CCCC2)N1.O.[HH]. The number of likely N-dealkylation sites (tertiary alicyclic amines) is 1. The minimum absolute atomic E-state index is 0. The number of amides is 1. The Morgan fingerprint density at radius 2 is 1.78 bits per heavy atom. The quantitative estimate of drug-likeness (QED) is 0.607. The van der Waals surface area contributed by atoms with Crippen LogP contribution in [0.3, 0.4) is 0 Å². The van der Waals surface area contributed by atoms with E-state index in [1.807, 2.05) is 27.7 Å². The molecular formula is C24H48N6O2. The molecule has 2 aliphatic heterocycles. The Bertz CT molecular complexity index is 730. The van der Waals surface area contributed by atoms with Crippen molar-refractivity contribution in [1.82, 2.24) is 19.6 Å². The molecule has 4 N–H and O–H groups in total. The predicted molar refractivity (Wildman–Crippen MR) is 135 cm³/mol. The monoisotopic (exact) mass is 452 g/mol. The summed E-state index contributed by atoms with van der Waals surface area (Å²) < 4.78 is 5.04. The Kier molecular flexibility index (Phi) is 10.3. The van der Waals surface area contributed by atoms with Crippen LogP contribution in [0.2, 0.25) is 0 Å². The van der Waals surface area contributed by atoms with Gasteiger partial charge in [-0.25, -0.2) is 0 Å². The third kappa shape index (κ3) is 5.57. The van der Waals surface area contributed by atoms with E-state index in [4.69, 9.17) is 4.99 Å². The van der Waals surface area contributed by atoms with E-state index in [9.17, 15) is 4.79 Å². The Balaban J connectivity index is 0.00000133. The number of hydrogen-bond acceptors (Lipinski definition) is 4. The van der Waals surface area contributed by atoms with E-state index in [0.29, 0.717) is 18.0 Å². The van der Waals surface area contributed by atoms with E-state index in [1.165, 1.54) is 50.0 Å². The fraction of sp³-hybridized carbons (Fsp3) is 0.833. The highest BCUT2D eigenvalue weighted by Crippen LogP contribution is 2.40. The molecule has 8 nitrogen and oxygen atoms in total. The van der Waals surface area contributed by atoms with Crippen LogP contribution in [0.15, 0.2) is 4.99 Å². The Labute approximate surface area is 195 Å². The summed E-state index contributed by atoms with van der Waals surface area (Å²) >= 11 is 0. The largest absolute Gasteiger partial charge is 0.412 e. The number of aliphatic imine (C=N–C) groups is 1. The normalized spacial score (nSPS) is 21.1. The summed E-state index contributed by atoms with van der Waals surface area (Å²) in [6, 6.07) is 1.06. The summed E-state index contributed by atoms with van der Waals surface area (Å²) in [7, 11) is 0. The summed E-state index contributed by atoms with van der Waals surface area (Å²) in [4.78, 5) is 19.2. The first-order valence-corrected chi connectivity index (χ1v) is 12.7. The topological polar surface area (TPSA) is 98.1 Å². The van der Waals surface area contributed by atoms with Crippen molar-refractivity contribution in [1.29, 1.82) is 0 Å². The number of piperidine rings is 1. The lowest BCUT2D eigenvalue weighted by molar-refractivity contribution is -0.135. The number of rotatable bonds is 7. The Hall–Kier alpha value is -1.80. The summed E-state index contributed by atoms with van der Waals surface area (Å²) in [6.45, 7) is 12.9. The highest BCUT2D eigenvalue weighted by Gasteiger charge is 2.36. The minimum atomic E-state index is -0.0314. The van der Waals surface area contributed by atoms with Gasteiger partial charge in [-0.2, -0.15) is 0 Å². The van der Waals surface area contributed by atoms with Crippen molar-refractivity contribution in [3.8, 4) is 0 Å². The van der Waals surface area contributed by atoms with Gasteiger partial charge in [0.2, 0.25) is 5.91 Å². The lowest BCUT2D eigenvalue weighted by Gasteiger charge is -2.43. The number of unbranched alkanes of at least 4 members (excludes halogenated alkanes) is 1. The maximum atomic E-state index is 12.4. The van der Waals surface area contributed by atoms with Gasteiger partial charge in [0.15, 0.2) is 12.1 Å². The molecule has 32 heavy (non-hydrogen) atoms. The van der Waals surface area contributed by atoms with Crippen molar-refractivity contribution in [2.75, 3.05) is 25.0 Å². The summed E-state index contributed by atoms with van der Waals surface area (Å²) in [5.41, 5.74) is 1.26. The lowest BCUT2D eigenvalue weighted by Crippen LogP contribution is -2.47. The van der Waals surface area contributed by atoms with E-state index in [-0.39, 0.29) is 19.1 Å². The van der Waals surface area contributed by atoms with Crippen LogP contribution in [0.4, 0.5) is 5.82 Å². The number of hydrogen-bond donors (Lipinski definition) is 2. The van der Waals surface area contributed by atoms with Gasteiger partial charge in [0, 0.05) is 20.4 Å². The first kappa shape index (κ1) is 26.5. The van der Waals surface area contributed by atoms with Crippen molar-refractivity contribution in [3.63, 3.8) is 0 Å².